The lowest BCUT2D eigenvalue weighted by Crippen LogP contribution is -2.18. The fourth-order valence-corrected chi connectivity index (χ4v) is 1.80. The molecule has 3 heteroatoms. The van der Waals surface area contributed by atoms with Crippen LogP contribution in [0.1, 0.15) is 5.69 Å². The number of rotatable bonds is 0. The van der Waals surface area contributed by atoms with Crippen LogP contribution >= 0.6 is 11.6 Å². The third-order valence-corrected chi connectivity index (χ3v) is 2.77. The predicted octanol–water partition coefficient (Wildman–Crippen LogP) is 2.50. The van der Waals surface area contributed by atoms with E-state index in [-0.39, 0.29) is 5.56 Å². The van der Waals surface area contributed by atoms with Crippen molar-refractivity contribution in [1.82, 2.24) is 4.57 Å². The maximum Gasteiger partial charge on any atom is 0.259 e. The average molecular weight is 208 g/mol. The molecule has 0 aliphatic heterocycles. The van der Waals surface area contributed by atoms with E-state index in [4.69, 9.17) is 11.6 Å². The second kappa shape index (κ2) is 3.14. The first-order valence-corrected chi connectivity index (χ1v) is 4.74. The number of hydrogen-bond donors (Lipinski definition) is 0. The number of nitrogens with zero attached hydrogens (tertiary/aromatic N) is 1. The third kappa shape index (κ3) is 1.23. The zero-order valence-electron chi connectivity index (χ0n) is 8.04. The highest BCUT2D eigenvalue weighted by atomic mass is 35.5. The minimum Gasteiger partial charge on any atom is -0.315 e. The van der Waals surface area contributed by atoms with Crippen LogP contribution in [0.15, 0.2) is 29.1 Å². The molecular weight excluding hydrogens is 198 g/mol. The van der Waals surface area contributed by atoms with Crippen LogP contribution in [0.3, 0.4) is 0 Å². The van der Waals surface area contributed by atoms with Crippen molar-refractivity contribution in [2.45, 2.75) is 6.92 Å². The van der Waals surface area contributed by atoms with Crippen molar-refractivity contribution in [2.75, 3.05) is 0 Å². The Hall–Kier alpha value is -1.28. The van der Waals surface area contributed by atoms with Gasteiger partial charge in [0.2, 0.25) is 0 Å². The number of pyridine rings is 1. The minimum absolute atomic E-state index is 0.0365. The van der Waals surface area contributed by atoms with Crippen LogP contribution in [-0.2, 0) is 7.05 Å². The highest BCUT2D eigenvalue weighted by molar-refractivity contribution is 6.35. The number of hydrogen-bond acceptors (Lipinski definition) is 1. The lowest BCUT2D eigenvalue weighted by atomic mass is 10.1. The van der Waals surface area contributed by atoms with E-state index in [2.05, 4.69) is 0 Å². The molecule has 2 nitrogen and oxygen atoms in total. The Kier molecular flexibility index (Phi) is 2.08. The molecular formula is C11H10ClNO. The number of halogens is 1. The Morgan fingerprint density at radius 3 is 2.79 bits per heavy atom. The van der Waals surface area contributed by atoms with Crippen molar-refractivity contribution in [2.24, 2.45) is 7.05 Å². The summed E-state index contributed by atoms with van der Waals surface area (Å²) in [5.74, 6) is 0. The summed E-state index contributed by atoms with van der Waals surface area (Å²) in [6.07, 6.45) is 0. The van der Waals surface area contributed by atoms with E-state index in [9.17, 15) is 4.79 Å². The van der Waals surface area contributed by atoms with Gasteiger partial charge in [-0.15, -0.1) is 0 Å². The lowest BCUT2D eigenvalue weighted by molar-refractivity contribution is 0.830. The molecule has 0 saturated carbocycles. The summed E-state index contributed by atoms with van der Waals surface area (Å²) in [6.45, 7) is 1.90. The van der Waals surface area contributed by atoms with Gasteiger partial charge in [-0.3, -0.25) is 4.79 Å². The molecule has 0 saturated heterocycles. The summed E-state index contributed by atoms with van der Waals surface area (Å²) in [7, 11) is 1.75. The van der Waals surface area contributed by atoms with Crippen molar-refractivity contribution in [1.29, 1.82) is 0 Å². The maximum atomic E-state index is 11.8. The highest BCUT2D eigenvalue weighted by Crippen LogP contribution is 2.20. The molecule has 0 bridgehead atoms. The van der Waals surface area contributed by atoms with Gasteiger partial charge in [-0.2, -0.15) is 0 Å². The first kappa shape index (κ1) is 9.28. The smallest absolute Gasteiger partial charge is 0.259 e. The Morgan fingerprint density at radius 2 is 2.07 bits per heavy atom. The largest absolute Gasteiger partial charge is 0.315 e. The predicted molar refractivity (Wildman–Crippen MR) is 58.9 cm³/mol. The first-order valence-electron chi connectivity index (χ1n) is 4.36. The molecule has 0 atom stereocenters. The summed E-state index contributed by atoms with van der Waals surface area (Å²) < 4.78 is 1.61. The molecule has 0 spiro atoms. The second-order valence-corrected chi connectivity index (χ2v) is 3.76. The highest BCUT2D eigenvalue weighted by Gasteiger charge is 2.06. The molecule has 0 aliphatic rings. The van der Waals surface area contributed by atoms with E-state index in [1.807, 2.05) is 25.1 Å². The van der Waals surface area contributed by atoms with E-state index in [1.54, 1.807) is 17.7 Å². The summed E-state index contributed by atoms with van der Waals surface area (Å²) in [5.41, 5.74) is 0.898. The first-order chi connectivity index (χ1) is 6.61. The minimum atomic E-state index is -0.0365. The SMILES string of the molecule is Cc1cc2cccc(Cl)c2c(=O)n1C. The van der Waals surface area contributed by atoms with E-state index in [0.717, 1.165) is 11.1 Å². The third-order valence-electron chi connectivity index (χ3n) is 2.46. The number of aryl methyl sites for hydroxylation is 1. The van der Waals surface area contributed by atoms with Crippen LogP contribution in [-0.4, -0.2) is 4.57 Å². The van der Waals surface area contributed by atoms with Gasteiger partial charge in [0.05, 0.1) is 10.4 Å². The van der Waals surface area contributed by atoms with Gasteiger partial charge in [-0.1, -0.05) is 23.7 Å². The van der Waals surface area contributed by atoms with E-state index in [0.29, 0.717) is 10.4 Å². The van der Waals surface area contributed by atoms with Crippen LogP contribution in [0.2, 0.25) is 5.02 Å². The molecule has 0 aliphatic carbocycles. The molecule has 14 heavy (non-hydrogen) atoms. The van der Waals surface area contributed by atoms with Gasteiger partial charge in [0.25, 0.3) is 5.56 Å². The Balaban J connectivity index is 3.07. The Labute approximate surface area is 86.7 Å². The summed E-state index contributed by atoms with van der Waals surface area (Å²) in [6, 6.07) is 7.45. The van der Waals surface area contributed by atoms with Crippen LogP contribution in [0.5, 0.6) is 0 Å². The molecule has 0 amide bonds. The van der Waals surface area contributed by atoms with Gasteiger partial charge in [0.1, 0.15) is 0 Å². The molecule has 0 unspecified atom stereocenters. The Morgan fingerprint density at radius 1 is 1.36 bits per heavy atom. The molecule has 2 aromatic rings. The molecule has 1 heterocycles. The summed E-state index contributed by atoms with van der Waals surface area (Å²) in [4.78, 5) is 11.8. The zero-order chi connectivity index (χ0) is 10.3. The average Bonchev–Trinajstić information content (AvgIpc) is 2.14. The molecule has 0 radical (unpaired) electrons. The molecule has 1 aromatic heterocycles. The molecule has 1 aromatic carbocycles. The van der Waals surface area contributed by atoms with E-state index >= 15 is 0 Å². The Bertz CT molecular complexity index is 557. The molecule has 72 valence electrons. The van der Waals surface area contributed by atoms with Gasteiger partial charge < -0.3 is 4.57 Å². The fraction of sp³-hybridized carbons (Fsp3) is 0.182. The van der Waals surface area contributed by atoms with Crippen LogP contribution in [0.4, 0.5) is 0 Å². The quantitative estimate of drug-likeness (QED) is 0.651. The van der Waals surface area contributed by atoms with Crippen molar-refractivity contribution < 1.29 is 0 Å². The van der Waals surface area contributed by atoms with Gasteiger partial charge in [0.15, 0.2) is 0 Å². The van der Waals surface area contributed by atoms with Crippen LogP contribution < -0.4 is 5.56 Å². The molecule has 2 rings (SSSR count). The normalized spacial score (nSPS) is 10.8. The van der Waals surface area contributed by atoms with Crippen molar-refractivity contribution in [3.63, 3.8) is 0 Å². The van der Waals surface area contributed by atoms with Crippen molar-refractivity contribution in [3.8, 4) is 0 Å². The second-order valence-electron chi connectivity index (χ2n) is 3.35. The van der Waals surface area contributed by atoms with Gasteiger partial charge >= 0.3 is 0 Å². The van der Waals surface area contributed by atoms with E-state index < -0.39 is 0 Å². The van der Waals surface area contributed by atoms with E-state index in [1.165, 1.54) is 0 Å². The summed E-state index contributed by atoms with van der Waals surface area (Å²) >= 11 is 5.97. The molecule has 0 N–H and O–H groups in total. The van der Waals surface area contributed by atoms with Crippen molar-refractivity contribution in [3.05, 3.63) is 45.3 Å². The topological polar surface area (TPSA) is 22.0 Å². The van der Waals surface area contributed by atoms with Gasteiger partial charge in [-0.25, -0.2) is 0 Å². The zero-order valence-corrected chi connectivity index (χ0v) is 8.80. The lowest BCUT2D eigenvalue weighted by Gasteiger charge is -2.06. The monoisotopic (exact) mass is 207 g/mol. The molecule has 0 fully saturated rings. The maximum absolute atomic E-state index is 11.8. The number of fused-ring (bicyclic) bond motifs is 1. The van der Waals surface area contributed by atoms with Gasteiger partial charge in [-0.05, 0) is 24.4 Å². The van der Waals surface area contributed by atoms with Crippen LogP contribution in [0.25, 0.3) is 10.8 Å². The summed E-state index contributed by atoms with van der Waals surface area (Å²) in [5, 5.41) is 2.02. The van der Waals surface area contributed by atoms with Gasteiger partial charge in [0, 0.05) is 12.7 Å². The standard InChI is InChI=1S/C11H10ClNO/c1-7-6-8-4-3-5-9(12)10(8)11(14)13(7)2/h3-6H,1-2H3. The number of aromatic nitrogens is 1. The fourth-order valence-electron chi connectivity index (χ4n) is 1.54. The van der Waals surface area contributed by atoms with Crippen molar-refractivity contribution >= 4 is 22.4 Å². The number of benzene rings is 1. The van der Waals surface area contributed by atoms with Crippen LogP contribution in [0, 0.1) is 6.92 Å².